The molecule has 3 aromatic carbocycles. The van der Waals surface area contributed by atoms with E-state index in [1.807, 2.05) is 36.4 Å². The smallest absolute Gasteiger partial charge is 0.416 e. The van der Waals surface area contributed by atoms with Crippen molar-refractivity contribution >= 4 is 40.0 Å². The number of anilines is 1. The fourth-order valence-corrected chi connectivity index (χ4v) is 3.43. The molecule has 0 aliphatic heterocycles. The number of nitrogens with zero attached hydrogens (tertiary/aromatic N) is 1. The Morgan fingerprint density at radius 3 is 2.48 bits per heavy atom. The van der Waals surface area contributed by atoms with Crippen LogP contribution in [0.1, 0.15) is 11.3 Å². The molecule has 4 rings (SSSR count). The minimum absolute atomic E-state index is 0.0465. The van der Waals surface area contributed by atoms with Crippen LogP contribution < -0.4 is 5.32 Å². The van der Waals surface area contributed by atoms with Gasteiger partial charge in [0.25, 0.3) is 5.91 Å². The first-order chi connectivity index (χ1) is 15.7. The van der Waals surface area contributed by atoms with Gasteiger partial charge in [-0.1, -0.05) is 41.9 Å². The highest BCUT2D eigenvalue weighted by Crippen LogP contribution is 2.36. The molecule has 0 fully saturated rings. The van der Waals surface area contributed by atoms with Crippen LogP contribution >= 0.6 is 11.6 Å². The summed E-state index contributed by atoms with van der Waals surface area (Å²) in [6.45, 7) is 0. The van der Waals surface area contributed by atoms with Gasteiger partial charge < -0.3 is 9.73 Å². The number of nitrogens with one attached hydrogen (secondary N) is 1. The number of carbonyl (C=O) groups is 1. The van der Waals surface area contributed by atoms with Gasteiger partial charge in [0.2, 0.25) is 0 Å². The lowest BCUT2D eigenvalue weighted by Gasteiger charge is -2.09. The summed E-state index contributed by atoms with van der Waals surface area (Å²) in [5.41, 5.74) is -0.553. The third kappa shape index (κ3) is 4.92. The molecule has 1 heterocycles. The molecule has 0 aliphatic carbocycles. The Kier molecular flexibility index (Phi) is 5.95. The van der Waals surface area contributed by atoms with Crippen molar-refractivity contribution in [1.82, 2.24) is 0 Å². The molecular weight excluding hydrogens is 453 g/mol. The summed E-state index contributed by atoms with van der Waals surface area (Å²) >= 11 is 6.05. The van der Waals surface area contributed by atoms with Gasteiger partial charge >= 0.3 is 6.18 Å². The van der Waals surface area contributed by atoms with Gasteiger partial charge in [0.15, 0.2) is 0 Å². The van der Waals surface area contributed by atoms with E-state index in [0.717, 1.165) is 29.0 Å². The van der Waals surface area contributed by atoms with Gasteiger partial charge in [0.1, 0.15) is 23.2 Å². The first kappa shape index (κ1) is 22.2. The molecule has 0 saturated heterocycles. The summed E-state index contributed by atoms with van der Waals surface area (Å²) < 4.78 is 44.6. The Bertz CT molecular complexity index is 1430. The molecule has 33 heavy (non-hydrogen) atoms. The Balaban J connectivity index is 1.58. The van der Waals surface area contributed by atoms with Crippen LogP contribution in [0.4, 0.5) is 18.9 Å². The first-order valence-corrected chi connectivity index (χ1v) is 10.0. The van der Waals surface area contributed by atoms with Crippen molar-refractivity contribution in [1.29, 1.82) is 5.26 Å². The van der Waals surface area contributed by atoms with Gasteiger partial charge in [-0.3, -0.25) is 4.79 Å². The fraction of sp³-hybridized carbons (Fsp3) is 0.0400. The van der Waals surface area contributed by atoms with Gasteiger partial charge in [-0.05, 0) is 53.2 Å². The molecule has 0 atom stereocenters. The van der Waals surface area contributed by atoms with E-state index in [0.29, 0.717) is 5.69 Å². The summed E-state index contributed by atoms with van der Waals surface area (Å²) in [6.07, 6.45) is -3.33. The van der Waals surface area contributed by atoms with Crippen LogP contribution in [0.25, 0.3) is 28.2 Å². The summed E-state index contributed by atoms with van der Waals surface area (Å²) in [4.78, 5) is 12.6. The lowest BCUT2D eigenvalue weighted by molar-refractivity contribution is -0.137. The van der Waals surface area contributed by atoms with E-state index in [2.05, 4.69) is 5.32 Å². The standard InChI is InChI=1S/C25H14ClF3N2O2/c26-22-9-6-18(25(27,28)29)13-21(22)23-10-8-20(33-23)12-17(14-30)24(32)31-19-7-5-15-3-1-2-4-16(15)11-19/h1-13H,(H,31,32). The van der Waals surface area contributed by atoms with Gasteiger partial charge in [0.05, 0.1) is 10.6 Å². The highest BCUT2D eigenvalue weighted by Gasteiger charge is 2.31. The van der Waals surface area contributed by atoms with Crippen LogP contribution in [0.3, 0.4) is 0 Å². The highest BCUT2D eigenvalue weighted by atomic mass is 35.5. The van der Waals surface area contributed by atoms with Gasteiger partial charge in [-0.25, -0.2) is 0 Å². The average molecular weight is 467 g/mol. The molecule has 0 spiro atoms. The maximum atomic E-state index is 13.0. The van der Waals surface area contributed by atoms with Crippen molar-refractivity contribution in [3.63, 3.8) is 0 Å². The van der Waals surface area contributed by atoms with E-state index in [9.17, 15) is 23.2 Å². The lowest BCUT2D eigenvalue weighted by atomic mass is 10.1. The van der Waals surface area contributed by atoms with Crippen LogP contribution in [-0.2, 0) is 11.0 Å². The summed E-state index contributed by atoms with van der Waals surface area (Å²) in [5, 5.41) is 14.1. The third-order valence-electron chi connectivity index (χ3n) is 4.84. The van der Waals surface area contributed by atoms with Crippen molar-refractivity contribution < 1.29 is 22.4 Å². The average Bonchev–Trinajstić information content (AvgIpc) is 3.25. The molecule has 1 N–H and O–H groups in total. The Labute approximate surface area is 191 Å². The minimum Gasteiger partial charge on any atom is -0.457 e. The van der Waals surface area contributed by atoms with Crippen molar-refractivity contribution in [2.45, 2.75) is 6.18 Å². The first-order valence-electron chi connectivity index (χ1n) is 9.63. The van der Waals surface area contributed by atoms with E-state index in [4.69, 9.17) is 16.0 Å². The van der Waals surface area contributed by atoms with E-state index in [1.54, 1.807) is 12.1 Å². The number of amides is 1. The van der Waals surface area contributed by atoms with Crippen LogP contribution in [0, 0.1) is 11.3 Å². The number of benzene rings is 3. The molecule has 8 heteroatoms. The maximum absolute atomic E-state index is 13.0. The highest BCUT2D eigenvalue weighted by molar-refractivity contribution is 6.33. The monoisotopic (exact) mass is 466 g/mol. The van der Waals surface area contributed by atoms with E-state index >= 15 is 0 Å². The number of alkyl halides is 3. The van der Waals surface area contributed by atoms with Gasteiger partial charge in [0, 0.05) is 17.3 Å². The zero-order valence-corrected chi connectivity index (χ0v) is 17.5. The quantitative estimate of drug-likeness (QED) is 0.253. The molecule has 164 valence electrons. The van der Waals surface area contributed by atoms with Crippen molar-refractivity contribution in [2.75, 3.05) is 5.32 Å². The summed E-state index contributed by atoms with van der Waals surface area (Å²) in [5.74, 6) is -0.462. The topological polar surface area (TPSA) is 66.0 Å². The molecule has 0 unspecified atom stereocenters. The Morgan fingerprint density at radius 2 is 1.76 bits per heavy atom. The van der Waals surface area contributed by atoms with E-state index in [-0.39, 0.29) is 27.7 Å². The van der Waals surface area contributed by atoms with Crippen LogP contribution in [0.15, 0.2) is 82.8 Å². The van der Waals surface area contributed by atoms with Crippen LogP contribution in [-0.4, -0.2) is 5.91 Å². The fourth-order valence-electron chi connectivity index (χ4n) is 3.22. The molecule has 4 aromatic rings. The maximum Gasteiger partial charge on any atom is 0.416 e. The van der Waals surface area contributed by atoms with Crippen LogP contribution in [0.5, 0.6) is 0 Å². The Hall–Kier alpha value is -4.02. The van der Waals surface area contributed by atoms with Crippen molar-refractivity contribution in [3.05, 3.63) is 94.7 Å². The van der Waals surface area contributed by atoms with Crippen molar-refractivity contribution in [3.8, 4) is 17.4 Å². The SMILES string of the molecule is N#CC(=Cc1ccc(-c2cc(C(F)(F)F)ccc2Cl)o1)C(=O)Nc1ccc2ccccc2c1. The number of carbonyl (C=O) groups excluding carboxylic acids is 1. The normalized spacial score (nSPS) is 11.9. The summed E-state index contributed by atoms with van der Waals surface area (Å²) in [7, 11) is 0. The molecule has 1 aromatic heterocycles. The molecule has 0 radical (unpaired) electrons. The largest absolute Gasteiger partial charge is 0.457 e. The number of hydrogen-bond acceptors (Lipinski definition) is 3. The zero-order valence-electron chi connectivity index (χ0n) is 16.8. The Morgan fingerprint density at radius 1 is 1.00 bits per heavy atom. The lowest BCUT2D eigenvalue weighted by Crippen LogP contribution is -2.13. The van der Waals surface area contributed by atoms with Crippen LogP contribution in [0.2, 0.25) is 5.02 Å². The van der Waals surface area contributed by atoms with Crippen molar-refractivity contribution in [2.24, 2.45) is 0 Å². The second-order valence-electron chi connectivity index (χ2n) is 7.08. The predicted molar refractivity (Wildman–Crippen MR) is 120 cm³/mol. The van der Waals surface area contributed by atoms with Gasteiger partial charge in [-0.2, -0.15) is 18.4 Å². The van der Waals surface area contributed by atoms with Gasteiger partial charge in [-0.15, -0.1) is 0 Å². The number of halogens is 4. The second-order valence-corrected chi connectivity index (χ2v) is 7.49. The second kappa shape index (κ2) is 8.85. The molecule has 1 amide bonds. The number of rotatable bonds is 4. The number of fused-ring (bicyclic) bond motifs is 1. The molecule has 0 bridgehead atoms. The zero-order chi connectivity index (χ0) is 23.6. The van der Waals surface area contributed by atoms with E-state index < -0.39 is 17.6 Å². The number of furan rings is 1. The third-order valence-corrected chi connectivity index (χ3v) is 5.17. The molecular formula is C25H14ClF3N2O2. The number of nitriles is 1. The molecule has 4 nitrogen and oxygen atoms in total. The predicted octanol–water partition coefficient (Wildman–Crippen LogP) is 7.32. The number of hydrogen-bond donors (Lipinski definition) is 1. The summed E-state index contributed by atoms with van der Waals surface area (Å²) in [6, 6.07) is 20.5. The molecule has 0 saturated carbocycles. The molecule has 0 aliphatic rings. The van der Waals surface area contributed by atoms with E-state index in [1.165, 1.54) is 18.2 Å². The minimum atomic E-state index is -4.54.